The highest BCUT2D eigenvalue weighted by molar-refractivity contribution is 8.04. The lowest BCUT2D eigenvalue weighted by atomic mass is 9.69. The summed E-state index contributed by atoms with van der Waals surface area (Å²) in [5.41, 5.74) is 1.90. The maximum absolute atomic E-state index is 2.43. The Hall–Kier alpha value is -0.170. The molecule has 0 bridgehead atoms. The van der Waals surface area contributed by atoms with E-state index in [4.69, 9.17) is 0 Å². The molecule has 1 aliphatic carbocycles. The van der Waals surface area contributed by atoms with Crippen LogP contribution in [-0.4, -0.2) is 4.75 Å². The maximum Gasteiger partial charge on any atom is 0.0153 e. The average Bonchev–Trinajstić information content (AvgIpc) is 1.97. The van der Waals surface area contributed by atoms with Crippen LogP contribution in [0, 0.1) is 11.3 Å². The highest BCUT2D eigenvalue weighted by Gasteiger charge is 2.43. The average molecular weight is 222 g/mol. The van der Waals surface area contributed by atoms with Gasteiger partial charge in [0.2, 0.25) is 0 Å². The number of rotatable bonds is 0. The van der Waals surface area contributed by atoms with E-state index in [1.807, 2.05) is 0 Å². The Morgan fingerprint density at radius 2 is 1.93 bits per heavy atom. The largest absolute Gasteiger partial charge is 0.124 e. The molecular weight excluding hydrogens is 200 g/mol. The van der Waals surface area contributed by atoms with Crippen molar-refractivity contribution < 1.29 is 0 Å². The molecule has 0 aromatic rings. The molecular formula is C14H22S. The van der Waals surface area contributed by atoms with Gasteiger partial charge in [0.05, 0.1) is 0 Å². The fourth-order valence-corrected chi connectivity index (χ4v) is 5.07. The zero-order valence-electron chi connectivity index (χ0n) is 10.6. The number of hydrogen-bond donors (Lipinski definition) is 0. The first-order valence-corrected chi connectivity index (χ1v) is 6.69. The summed E-state index contributed by atoms with van der Waals surface area (Å²) in [6, 6.07) is 0. The van der Waals surface area contributed by atoms with E-state index in [1.165, 1.54) is 18.4 Å². The fraction of sp³-hybridized carbons (Fsp3) is 0.714. The molecule has 0 saturated carbocycles. The quantitative estimate of drug-likeness (QED) is 0.568. The Balaban J connectivity index is 2.35. The molecule has 0 amide bonds. The van der Waals surface area contributed by atoms with Crippen molar-refractivity contribution >= 4 is 11.8 Å². The standard InChI is InChI=1S/C14H22S/c1-10-6-7-11-12(8-10)15-14(4,5)9-13(11,2)3/h6,8,11H,7,9H2,1-5H3. The van der Waals surface area contributed by atoms with Gasteiger partial charge >= 0.3 is 0 Å². The molecule has 15 heavy (non-hydrogen) atoms. The normalized spacial score (nSPS) is 32.7. The fourth-order valence-electron chi connectivity index (χ4n) is 3.18. The topological polar surface area (TPSA) is 0 Å². The lowest BCUT2D eigenvalue weighted by molar-refractivity contribution is 0.205. The summed E-state index contributed by atoms with van der Waals surface area (Å²) in [7, 11) is 0. The Bertz CT molecular complexity index is 331. The lowest BCUT2D eigenvalue weighted by Crippen LogP contribution is -2.38. The van der Waals surface area contributed by atoms with Crippen LogP contribution in [-0.2, 0) is 0 Å². The summed E-state index contributed by atoms with van der Waals surface area (Å²) in [5.74, 6) is 0.763. The van der Waals surface area contributed by atoms with Crippen molar-refractivity contribution in [3.05, 3.63) is 22.6 Å². The van der Waals surface area contributed by atoms with Crippen LogP contribution >= 0.6 is 11.8 Å². The predicted molar refractivity (Wildman–Crippen MR) is 70.0 cm³/mol. The van der Waals surface area contributed by atoms with Gasteiger partial charge in [-0.2, -0.15) is 0 Å². The summed E-state index contributed by atoms with van der Waals surface area (Å²) in [6.07, 6.45) is 7.36. The molecule has 0 radical (unpaired) electrons. The van der Waals surface area contributed by atoms with Crippen molar-refractivity contribution in [2.75, 3.05) is 0 Å². The number of fused-ring (bicyclic) bond motifs is 1. The van der Waals surface area contributed by atoms with E-state index in [0.717, 1.165) is 5.92 Å². The van der Waals surface area contributed by atoms with Gasteiger partial charge in [-0.3, -0.25) is 0 Å². The minimum Gasteiger partial charge on any atom is -0.124 e. The van der Waals surface area contributed by atoms with Crippen LogP contribution in [0.4, 0.5) is 0 Å². The van der Waals surface area contributed by atoms with E-state index in [0.29, 0.717) is 10.2 Å². The zero-order valence-corrected chi connectivity index (χ0v) is 11.4. The van der Waals surface area contributed by atoms with Crippen molar-refractivity contribution in [2.24, 2.45) is 11.3 Å². The Labute approximate surface area is 98.2 Å². The van der Waals surface area contributed by atoms with Crippen molar-refractivity contribution in [2.45, 2.75) is 52.2 Å². The Kier molecular flexibility index (Phi) is 2.57. The predicted octanol–water partition coefficient (Wildman–Crippen LogP) is 4.78. The molecule has 1 saturated heterocycles. The molecule has 1 heterocycles. The van der Waals surface area contributed by atoms with Crippen molar-refractivity contribution in [3.8, 4) is 0 Å². The molecule has 84 valence electrons. The first-order valence-electron chi connectivity index (χ1n) is 5.88. The van der Waals surface area contributed by atoms with Crippen LogP contribution in [0.5, 0.6) is 0 Å². The van der Waals surface area contributed by atoms with Crippen LogP contribution < -0.4 is 0 Å². The molecule has 0 N–H and O–H groups in total. The number of thioether (sulfide) groups is 1. The van der Waals surface area contributed by atoms with Gasteiger partial charge in [0, 0.05) is 4.75 Å². The second-order valence-electron chi connectivity index (χ2n) is 6.31. The van der Waals surface area contributed by atoms with Crippen LogP contribution in [0.3, 0.4) is 0 Å². The van der Waals surface area contributed by atoms with Gasteiger partial charge in [0.15, 0.2) is 0 Å². The third-order valence-corrected chi connectivity index (χ3v) is 4.94. The molecule has 2 rings (SSSR count). The zero-order chi connectivity index (χ0) is 11.3. The van der Waals surface area contributed by atoms with Gasteiger partial charge in [-0.15, -0.1) is 11.8 Å². The van der Waals surface area contributed by atoms with Crippen molar-refractivity contribution in [1.82, 2.24) is 0 Å². The molecule has 0 nitrogen and oxygen atoms in total. The molecule has 0 aromatic carbocycles. The van der Waals surface area contributed by atoms with Gasteiger partial charge in [0.1, 0.15) is 0 Å². The third-order valence-electron chi connectivity index (χ3n) is 3.61. The third kappa shape index (κ3) is 2.18. The van der Waals surface area contributed by atoms with Crippen LogP contribution in [0.2, 0.25) is 0 Å². The SMILES string of the molecule is CC1=CCC2C(=C1)SC(C)(C)CC2(C)C. The van der Waals surface area contributed by atoms with Crippen molar-refractivity contribution in [3.63, 3.8) is 0 Å². The van der Waals surface area contributed by atoms with Crippen molar-refractivity contribution in [1.29, 1.82) is 0 Å². The molecule has 1 fully saturated rings. The first-order chi connectivity index (χ1) is 6.80. The highest BCUT2D eigenvalue weighted by Crippen LogP contribution is 2.57. The molecule has 2 aliphatic rings. The molecule has 1 atom stereocenters. The Morgan fingerprint density at radius 3 is 2.60 bits per heavy atom. The summed E-state index contributed by atoms with van der Waals surface area (Å²) in [4.78, 5) is 1.62. The molecule has 0 aromatic heterocycles. The molecule has 0 spiro atoms. The van der Waals surface area contributed by atoms with E-state index in [-0.39, 0.29) is 0 Å². The summed E-state index contributed by atoms with van der Waals surface area (Å²) >= 11 is 2.10. The van der Waals surface area contributed by atoms with E-state index in [9.17, 15) is 0 Å². The minimum atomic E-state index is 0.406. The van der Waals surface area contributed by atoms with Gasteiger partial charge < -0.3 is 0 Å². The summed E-state index contributed by atoms with van der Waals surface area (Å²) in [6.45, 7) is 11.8. The number of hydrogen-bond acceptors (Lipinski definition) is 1. The first kappa shape index (κ1) is 11.3. The van der Waals surface area contributed by atoms with E-state index in [2.05, 4.69) is 58.5 Å². The minimum absolute atomic E-state index is 0.406. The van der Waals surface area contributed by atoms with E-state index < -0.39 is 0 Å². The van der Waals surface area contributed by atoms with Gasteiger partial charge in [0.25, 0.3) is 0 Å². The smallest absolute Gasteiger partial charge is 0.0153 e. The Morgan fingerprint density at radius 1 is 1.27 bits per heavy atom. The second kappa shape index (κ2) is 3.41. The molecule has 1 heteroatoms. The van der Waals surface area contributed by atoms with Crippen LogP contribution in [0.15, 0.2) is 22.6 Å². The monoisotopic (exact) mass is 222 g/mol. The van der Waals surface area contributed by atoms with Gasteiger partial charge in [-0.1, -0.05) is 39.3 Å². The second-order valence-corrected chi connectivity index (χ2v) is 8.09. The summed E-state index contributed by atoms with van der Waals surface area (Å²) in [5, 5.41) is 0. The molecule has 1 unspecified atom stereocenters. The van der Waals surface area contributed by atoms with Gasteiger partial charge in [-0.25, -0.2) is 0 Å². The van der Waals surface area contributed by atoms with E-state index in [1.54, 1.807) is 4.91 Å². The lowest BCUT2D eigenvalue weighted by Gasteiger charge is -2.48. The van der Waals surface area contributed by atoms with Gasteiger partial charge in [-0.05, 0) is 42.1 Å². The summed E-state index contributed by atoms with van der Waals surface area (Å²) < 4.78 is 0.406. The van der Waals surface area contributed by atoms with Crippen LogP contribution in [0.1, 0.15) is 47.5 Å². The van der Waals surface area contributed by atoms with Crippen LogP contribution in [0.25, 0.3) is 0 Å². The molecule has 1 aliphatic heterocycles. The highest BCUT2D eigenvalue weighted by atomic mass is 32.2. The number of allylic oxidation sites excluding steroid dienone is 4. The van der Waals surface area contributed by atoms with E-state index >= 15 is 0 Å². The maximum atomic E-state index is 2.43.